The van der Waals surface area contributed by atoms with Gasteiger partial charge in [-0.3, -0.25) is 33.6 Å². The number of amides is 6. The van der Waals surface area contributed by atoms with Gasteiger partial charge in [0.05, 0.1) is 53.6 Å². The van der Waals surface area contributed by atoms with E-state index < -0.39 is 48.8 Å². The molecule has 6 amide bonds. The molecule has 0 aliphatic carbocycles. The monoisotopic (exact) mass is 1370 g/mol. The SMILES string of the molecule is C=CCOC(=O)C(N1C(=O)[C@H](C(C)C)[C@H]1CC(=O)c1ccc(CNC=O)cc1)=P(c1ccccc1)(c1ccccc1)c1ccccc1.C=CCOC(=O)C1=C(c2ccc(CNC=O)cc2)C[C@@H]2[C@@H](C(C)C)C(=O)N12.C[C@@H](O)[C@H]1C(=O)N2C(C(=O)[O-])=C(c3ccc(CNC=O)cc3)C[C@H]12.[Na+]. The summed E-state index contributed by atoms with van der Waals surface area (Å²) in [4.78, 5) is 128. The molecule has 5 heterocycles. The van der Waals surface area contributed by atoms with Crippen LogP contribution in [0.1, 0.15) is 92.1 Å². The Labute approximate surface area is 598 Å². The van der Waals surface area contributed by atoms with Crippen molar-refractivity contribution < 1.29 is 97.2 Å². The predicted octanol–water partition coefficient (Wildman–Crippen LogP) is 3.11. The van der Waals surface area contributed by atoms with E-state index in [0.29, 0.717) is 74.1 Å². The number of β-lactam (4-membered cyclic amide) rings is 3. The summed E-state index contributed by atoms with van der Waals surface area (Å²) in [5.41, 5.74) is 6.62. The van der Waals surface area contributed by atoms with Gasteiger partial charge in [-0.1, -0.05) is 217 Å². The van der Waals surface area contributed by atoms with Crippen LogP contribution in [0.25, 0.3) is 11.1 Å². The number of carboxylic acids is 1. The number of rotatable bonds is 28. The molecule has 3 saturated heterocycles. The van der Waals surface area contributed by atoms with Gasteiger partial charge in [0.1, 0.15) is 24.3 Å². The van der Waals surface area contributed by atoms with Crippen LogP contribution in [0.5, 0.6) is 0 Å². The third-order valence-corrected chi connectivity index (χ3v) is 22.5. The van der Waals surface area contributed by atoms with Gasteiger partial charge in [0, 0.05) is 38.5 Å². The topological polar surface area (TPSA) is 278 Å². The van der Waals surface area contributed by atoms with E-state index in [-0.39, 0.29) is 114 Å². The summed E-state index contributed by atoms with van der Waals surface area (Å²) < 4.78 is 11.1. The number of hydrogen-bond donors (Lipinski definition) is 4. The molecule has 11 rings (SSSR count). The van der Waals surface area contributed by atoms with Crippen LogP contribution < -0.4 is 66.5 Å². The van der Waals surface area contributed by atoms with Crippen molar-refractivity contribution in [3.05, 3.63) is 234 Å². The Balaban J connectivity index is 0.000000204. The molecule has 22 heteroatoms. The minimum absolute atomic E-state index is 0. The molecule has 0 radical (unpaired) electrons. The molecule has 5 aliphatic rings. The molecule has 4 N–H and O–H groups in total. The molecule has 20 nitrogen and oxygen atoms in total. The van der Waals surface area contributed by atoms with Crippen LogP contribution in [0.15, 0.2) is 200 Å². The number of carboxylic acid groups (broad SMARTS) is 1. The molecule has 0 spiro atoms. The molecular formula is C77H80N6NaO14P. The number of carbonyl (C=O) groups is 10. The smallest absolute Gasteiger partial charge is 0.543 e. The number of aliphatic carboxylic acids is 1. The van der Waals surface area contributed by atoms with E-state index in [1.54, 1.807) is 58.3 Å². The fourth-order valence-corrected chi connectivity index (χ4v) is 18.2. The van der Waals surface area contributed by atoms with Gasteiger partial charge in [-0.2, -0.15) is 0 Å². The van der Waals surface area contributed by atoms with E-state index in [4.69, 9.17) is 9.47 Å². The standard InChI is InChI=1S/C39H39N2O5P.C21H24N2O4.C17H18N2O5.Na/c1-4-24-46-39(45)38(47(31-14-8-5-9-15-31,32-16-10-6-11-17-32)33-18-12-7-13-19-33)41-34(36(28(2)3)37(41)44)25-35(43)30-22-20-29(21-23-30)26-40-27-42;1-4-9-27-21(26)19-16(10-17-18(13(2)3)20(25)23(17)19)15-7-5-14(6-8-15)11-22-12-24;1-9(21)14-13-6-12(15(17(23)24)19(13)16(14)22)11-4-2-10(3-5-11)7-18-8-20;/h4-23,27-28,34,36H,1,24-26H2,2-3H3,(H,40,42);4-8,12-13,17-18H,1,9-11H2,2-3H3,(H,22,24);2-5,8-9,13-14,21H,6-7H2,1H3,(H,18,20)(H,23,24);/q;;;+1/p-1/t34-,36-;17-,18-;9-,13-,14-;/m111./s1. The van der Waals surface area contributed by atoms with Gasteiger partial charge < -0.3 is 55.1 Å². The van der Waals surface area contributed by atoms with E-state index in [0.717, 1.165) is 43.7 Å². The van der Waals surface area contributed by atoms with Crippen molar-refractivity contribution in [2.75, 3.05) is 13.2 Å². The Hall–Kier alpha value is -9.56. The number of nitrogens with zero attached hydrogens (tertiary/aromatic N) is 3. The molecule has 3 fully saturated rings. The second-order valence-corrected chi connectivity index (χ2v) is 28.3. The van der Waals surface area contributed by atoms with Crippen molar-refractivity contribution in [1.29, 1.82) is 0 Å². The Kier molecular flexibility index (Phi) is 26.0. The number of fused-ring (bicyclic) bond motifs is 2. The third-order valence-electron chi connectivity index (χ3n) is 18.3. The molecule has 0 aromatic heterocycles. The number of aliphatic hydroxyl groups excluding tert-OH is 1. The minimum Gasteiger partial charge on any atom is -0.543 e. The first kappa shape index (κ1) is 75.2. The zero-order valence-electron chi connectivity index (χ0n) is 56.3. The summed E-state index contributed by atoms with van der Waals surface area (Å²) in [7, 11) is 0. The van der Waals surface area contributed by atoms with Crippen molar-refractivity contribution in [3.8, 4) is 0 Å². The summed E-state index contributed by atoms with van der Waals surface area (Å²) in [6.45, 7) is 15.0. The van der Waals surface area contributed by atoms with Crippen molar-refractivity contribution in [1.82, 2.24) is 30.7 Å². The van der Waals surface area contributed by atoms with E-state index in [2.05, 4.69) is 29.1 Å². The number of nitrogens with one attached hydrogen (secondary N) is 3. The zero-order valence-corrected chi connectivity index (χ0v) is 59.2. The van der Waals surface area contributed by atoms with Gasteiger partial charge in [0.15, 0.2) is 5.78 Å². The molecule has 5 aliphatic heterocycles. The summed E-state index contributed by atoms with van der Waals surface area (Å²) in [6, 6.07) is 50.3. The predicted molar refractivity (Wildman–Crippen MR) is 371 cm³/mol. The van der Waals surface area contributed by atoms with Crippen LogP contribution in [0.2, 0.25) is 0 Å². The number of ether oxygens (including phenoxy) is 2. The number of ketones is 1. The van der Waals surface area contributed by atoms with Crippen LogP contribution in [0, 0.1) is 29.6 Å². The van der Waals surface area contributed by atoms with Crippen LogP contribution in [0.4, 0.5) is 0 Å². The quantitative estimate of drug-likeness (QED) is 0.0105. The first-order chi connectivity index (χ1) is 47.3. The van der Waals surface area contributed by atoms with Crippen LogP contribution in [-0.2, 0) is 72.3 Å². The molecule has 0 unspecified atom stereocenters. The van der Waals surface area contributed by atoms with Gasteiger partial charge in [0.25, 0.3) is 0 Å². The maximum absolute atomic E-state index is 14.6. The largest absolute Gasteiger partial charge is 1.00 e. The summed E-state index contributed by atoms with van der Waals surface area (Å²) in [6.07, 6.45) is 5.12. The van der Waals surface area contributed by atoms with E-state index in [1.165, 1.54) is 24.0 Å². The van der Waals surface area contributed by atoms with Crippen molar-refractivity contribution in [3.63, 3.8) is 0 Å². The Bertz CT molecular complexity index is 4000. The maximum Gasteiger partial charge on any atom is 1.00 e. The minimum atomic E-state index is -3.08. The average molecular weight is 1370 g/mol. The first-order valence-electron chi connectivity index (χ1n) is 32.4. The second-order valence-electron chi connectivity index (χ2n) is 25.0. The fraction of sp³-hybridized carbons (Fsp3) is 0.286. The van der Waals surface area contributed by atoms with Crippen molar-refractivity contribution in [2.24, 2.45) is 29.6 Å². The zero-order chi connectivity index (χ0) is 70.4. The number of hydrogen-bond acceptors (Lipinski definition) is 14. The van der Waals surface area contributed by atoms with Gasteiger partial charge in [-0.15, -0.1) is 0 Å². The molecule has 0 saturated carbocycles. The molecule has 508 valence electrons. The van der Waals surface area contributed by atoms with E-state index in [9.17, 15) is 58.2 Å². The van der Waals surface area contributed by atoms with Crippen molar-refractivity contribution in [2.45, 2.75) is 97.7 Å². The molecule has 0 bridgehead atoms. The average Bonchev–Trinajstić information content (AvgIpc) is 1.06. The number of likely N-dealkylation sites (tertiary alicyclic amines) is 1. The molecular weight excluding hydrogens is 1290 g/mol. The van der Waals surface area contributed by atoms with Gasteiger partial charge in [-0.05, 0) is 86.5 Å². The third kappa shape index (κ3) is 15.8. The normalized spacial score (nSPS) is 18.9. The Morgan fingerprint density at radius 2 is 0.949 bits per heavy atom. The van der Waals surface area contributed by atoms with Gasteiger partial charge in [-0.25, -0.2) is 9.59 Å². The summed E-state index contributed by atoms with van der Waals surface area (Å²) in [5, 5.41) is 31.7. The molecule has 6 aromatic rings. The van der Waals surface area contributed by atoms with Gasteiger partial charge in [0.2, 0.25) is 37.0 Å². The molecule has 7 atom stereocenters. The Morgan fingerprint density at radius 3 is 1.35 bits per heavy atom. The van der Waals surface area contributed by atoms with E-state index >= 15 is 0 Å². The number of esters is 2. The number of benzene rings is 6. The summed E-state index contributed by atoms with van der Waals surface area (Å²) in [5.74, 6) is -4.20. The van der Waals surface area contributed by atoms with Crippen molar-refractivity contribution >= 4 is 100 Å². The van der Waals surface area contributed by atoms with Crippen LogP contribution in [-0.4, -0.2) is 123 Å². The van der Waals surface area contributed by atoms with E-state index in [1.807, 2.05) is 143 Å². The second kappa shape index (κ2) is 34.3. The number of carbonyl (C=O) groups excluding carboxylic acids is 10. The number of Topliss-reactive ketones (excluding diaryl/α,β-unsaturated/α-hetero) is 1. The van der Waals surface area contributed by atoms with Crippen LogP contribution >= 0.6 is 6.89 Å². The fourth-order valence-electron chi connectivity index (χ4n) is 13.8. The molecule has 6 aromatic carbocycles. The summed E-state index contributed by atoms with van der Waals surface area (Å²) >= 11 is 0. The first-order valence-corrected chi connectivity index (χ1v) is 34.2. The van der Waals surface area contributed by atoms with Gasteiger partial charge >= 0.3 is 41.5 Å². The molecule has 99 heavy (non-hydrogen) atoms. The van der Waals surface area contributed by atoms with Crippen LogP contribution in [0.3, 0.4) is 0 Å². The number of aliphatic hydroxyl groups is 1. The Morgan fingerprint density at radius 1 is 0.556 bits per heavy atom. The maximum atomic E-state index is 14.6.